The van der Waals surface area contributed by atoms with E-state index < -0.39 is 6.10 Å². The van der Waals surface area contributed by atoms with Gasteiger partial charge in [-0.05, 0) is 29.7 Å². The van der Waals surface area contributed by atoms with Crippen LogP contribution in [0.2, 0.25) is 0 Å². The molecular weight excluding hydrogens is 242 g/mol. The Morgan fingerprint density at radius 2 is 2.42 bits per heavy atom. The van der Waals surface area contributed by atoms with E-state index in [1.54, 1.807) is 6.08 Å². The van der Waals surface area contributed by atoms with Crippen molar-refractivity contribution in [1.29, 1.82) is 0 Å². The van der Waals surface area contributed by atoms with Crippen molar-refractivity contribution in [3.8, 4) is 5.75 Å². The van der Waals surface area contributed by atoms with Crippen molar-refractivity contribution in [3.63, 3.8) is 0 Å². The third-order valence-electron chi connectivity index (χ3n) is 3.17. The Morgan fingerprint density at radius 1 is 1.58 bits per heavy atom. The minimum Gasteiger partial charge on any atom is -0.493 e. The number of aliphatic hydroxyl groups is 1. The van der Waals surface area contributed by atoms with Gasteiger partial charge in [0.05, 0.1) is 12.7 Å². The SMILES string of the molecule is C=CCCC(=O)NC[C@@H](O)c1ccc2c(c1)CCO2. The Labute approximate surface area is 113 Å². The number of amides is 1. The van der Waals surface area contributed by atoms with E-state index in [0.717, 1.165) is 23.3 Å². The van der Waals surface area contributed by atoms with Crippen molar-refractivity contribution >= 4 is 5.91 Å². The van der Waals surface area contributed by atoms with E-state index in [2.05, 4.69) is 11.9 Å². The van der Waals surface area contributed by atoms with Gasteiger partial charge in [-0.2, -0.15) is 0 Å². The lowest BCUT2D eigenvalue weighted by atomic mass is 10.0. The molecule has 1 aromatic carbocycles. The van der Waals surface area contributed by atoms with E-state index in [1.807, 2.05) is 18.2 Å². The van der Waals surface area contributed by atoms with Crippen LogP contribution in [-0.4, -0.2) is 24.2 Å². The second-order valence-corrected chi connectivity index (χ2v) is 4.61. The monoisotopic (exact) mass is 261 g/mol. The number of rotatable bonds is 6. The largest absolute Gasteiger partial charge is 0.493 e. The third kappa shape index (κ3) is 3.58. The van der Waals surface area contributed by atoms with Crippen molar-refractivity contribution in [2.45, 2.75) is 25.4 Å². The predicted molar refractivity (Wildman–Crippen MR) is 73.0 cm³/mol. The molecule has 1 aromatic rings. The first-order chi connectivity index (χ1) is 9.20. The minimum absolute atomic E-state index is 0.0663. The van der Waals surface area contributed by atoms with E-state index in [0.29, 0.717) is 19.4 Å². The molecule has 4 heteroatoms. The fraction of sp³-hybridized carbons (Fsp3) is 0.400. The average Bonchev–Trinajstić information content (AvgIpc) is 2.89. The van der Waals surface area contributed by atoms with E-state index in [-0.39, 0.29) is 12.5 Å². The summed E-state index contributed by atoms with van der Waals surface area (Å²) < 4.78 is 5.41. The minimum atomic E-state index is -0.682. The van der Waals surface area contributed by atoms with Crippen LogP contribution in [0.3, 0.4) is 0 Å². The number of allylic oxidation sites excluding steroid dienone is 1. The molecule has 0 aliphatic carbocycles. The molecule has 0 saturated heterocycles. The Bertz CT molecular complexity index is 470. The number of fused-ring (bicyclic) bond motifs is 1. The van der Waals surface area contributed by atoms with Gasteiger partial charge in [0.15, 0.2) is 0 Å². The Kier molecular flexibility index (Phi) is 4.58. The maximum absolute atomic E-state index is 11.4. The molecule has 1 atom stereocenters. The zero-order valence-corrected chi connectivity index (χ0v) is 10.9. The standard InChI is InChI=1S/C15H19NO3/c1-2-3-4-15(18)16-10-13(17)11-5-6-14-12(9-11)7-8-19-14/h2,5-6,9,13,17H,1,3-4,7-8,10H2,(H,16,18)/t13-/m1/s1. The Morgan fingerprint density at radius 3 is 3.21 bits per heavy atom. The van der Waals surface area contributed by atoms with Crippen molar-refractivity contribution in [2.75, 3.05) is 13.2 Å². The first kappa shape index (κ1) is 13.6. The lowest BCUT2D eigenvalue weighted by Crippen LogP contribution is -2.28. The summed E-state index contributed by atoms with van der Waals surface area (Å²) in [4.78, 5) is 11.4. The van der Waals surface area contributed by atoms with Crippen molar-refractivity contribution in [2.24, 2.45) is 0 Å². The van der Waals surface area contributed by atoms with Crippen LogP contribution >= 0.6 is 0 Å². The first-order valence-corrected chi connectivity index (χ1v) is 6.52. The molecule has 19 heavy (non-hydrogen) atoms. The Balaban J connectivity index is 1.87. The number of ether oxygens (including phenoxy) is 1. The lowest BCUT2D eigenvalue weighted by molar-refractivity contribution is -0.121. The zero-order valence-electron chi connectivity index (χ0n) is 10.9. The average molecular weight is 261 g/mol. The number of hydrogen-bond acceptors (Lipinski definition) is 3. The Hall–Kier alpha value is -1.81. The van der Waals surface area contributed by atoms with Gasteiger partial charge in [-0.15, -0.1) is 6.58 Å². The van der Waals surface area contributed by atoms with Crippen LogP contribution in [0, 0.1) is 0 Å². The van der Waals surface area contributed by atoms with Crippen LogP contribution in [0.1, 0.15) is 30.1 Å². The van der Waals surface area contributed by atoms with Gasteiger partial charge in [-0.25, -0.2) is 0 Å². The molecule has 1 aliphatic rings. The van der Waals surface area contributed by atoms with Crippen LogP contribution in [0.5, 0.6) is 5.75 Å². The fourth-order valence-electron chi connectivity index (χ4n) is 2.06. The van der Waals surface area contributed by atoms with Crippen LogP contribution < -0.4 is 10.1 Å². The van der Waals surface area contributed by atoms with Crippen LogP contribution in [0.25, 0.3) is 0 Å². The number of nitrogens with one attached hydrogen (secondary N) is 1. The van der Waals surface area contributed by atoms with Gasteiger partial charge >= 0.3 is 0 Å². The summed E-state index contributed by atoms with van der Waals surface area (Å²) in [5.74, 6) is 0.828. The van der Waals surface area contributed by atoms with Gasteiger partial charge in [0.1, 0.15) is 5.75 Å². The van der Waals surface area contributed by atoms with Gasteiger partial charge in [0.25, 0.3) is 0 Å². The summed E-state index contributed by atoms with van der Waals surface area (Å²) in [6.45, 7) is 4.50. The van der Waals surface area contributed by atoms with E-state index >= 15 is 0 Å². The summed E-state index contributed by atoms with van der Waals surface area (Å²) in [7, 11) is 0. The molecule has 0 bridgehead atoms. The number of benzene rings is 1. The van der Waals surface area contributed by atoms with Gasteiger partial charge in [0, 0.05) is 19.4 Å². The molecule has 1 amide bonds. The molecule has 0 fully saturated rings. The van der Waals surface area contributed by atoms with Crippen molar-refractivity contribution in [1.82, 2.24) is 5.32 Å². The highest BCUT2D eigenvalue weighted by atomic mass is 16.5. The van der Waals surface area contributed by atoms with Gasteiger partial charge in [0.2, 0.25) is 5.91 Å². The molecular formula is C15H19NO3. The first-order valence-electron chi connectivity index (χ1n) is 6.52. The normalized spacial score (nSPS) is 14.4. The molecule has 0 aromatic heterocycles. The summed E-state index contributed by atoms with van der Waals surface area (Å²) in [6.07, 6.45) is 2.96. The summed E-state index contributed by atoms with van der Waals surface area (Å²) in [5, 5.41) is 12.8. The van der Waals surface area contributed by atoms with Gasteiger partial charge in [-0.1, -0.05) is 12.1 Å². The summed E-state index contributed by atoms with van der Waals surface area (Å²) in [6, 6.07) is 5.66. The van der Waals surface area contributed by atoms with Crippen LogP contribution in [-0.2, 0) is 11.2 Å². The van der Waals surface area contributed by atoms with E-state index in [4.69, 9.17) is 4.74 Å². The summed E-state index contributed by atoms with van der Waals surface area (Å²) in [5.41, 5.74) is 1.93. The second-order valence-electron chi connectivity index (χ2n) is 4.61. The molecule has 1 heterocycles. The van der Waals surface area contributed by atoms with Crippen molar-refractivity contribution in [3.05, 3.63) is 42.0 Å². The van der Waals surface area contributed by atoms with Crippen molar-refractivity contribution < 1.29 is 14.6 Å². The lowest BCUT2D eigenvalue weighted by Gasteiger charge is -2.13. The highest BCUT2D eigenvalue weighted by molar-refractivity contribution is 5.76. The number of hydrogen-bond donors (Lipinski definition) is 2. The molecule has 1 aliphatic heterocycles. The molecule has 4 nitrogen and oxygen atoms in total. The molecule has 0 saturated carbocycles. The van der Waals surface area contributed by atoms with E-state index in [9.17, 15) is 9.90 Å². The number of aliphatic hydroxyl groups excluding tert-OH is 1. The predicted octanol–water partition coefficient (Wildman–Crippen LogP) is 1.74. The third-order valence-corrected chi connectivity index (χ3v) is 3.17. The number of carbonyl (C=O) groups is 1. The van der Waals surface area contributed by atoms with Crippen LogP contribution in [0.15, 0.2) is 30.9 Å². The summed E-state index contributed by atoms with van der Waals surface area (Å²) >= 11 is 0. The second kappa shape index (κ2) is 6.38. The number of carbonyl (C=O) groups excluding carboxylic acids is 1. The molecule has 0 radical (unpaired) electrons. The quantitative estimate of drug-likeness (QED) is 0.767. The fourth-order valence-corrected chi connectivity index (χ4v) is 2.06. The maximum atomic E-state index is 11.4. The topological polar surface area (TPSA) is 58.6 Å². The van der Waals surface area contributed by atoms with E-state index in [1.165, 1.54) is 0 Å². The molecule has 2 rings (SSSR count). The highest BCUT2D eigenvalue weighted by Crippen LogP contribution is 2.27. The molecule has 102 valence electrons. The van der Waals surface area contributed by atoms with Crippen LogP contribution in [0.4, 0.5) is 0 Å². The maximum Gasteiger partial charge on any atom is 0.220 e. The highest BCUT2D eigenvalue weighted by Gasteiger charge is 2.15. The molecule has 2 N–H and O–H groups in total. The molecule has 0 unspecified atom stereocenters. The smallest absolute Gasteiger partial charge is 0.220 e. The molecule has 0 spiro atoms. The van der Waals surface area contributed by atoms with Gasteiger partial charge in [-0.3, -0.25) is 4.79 Å². The zero-order chi connectivity index (χ0) is 13.7. The van der Waals surface area contributed by atoms with Gasteiger partial charge < -0.3 is 15.2 Å².